The number of hydrogen-bond donors (Lipinski definition) is 5. The topological polar surface area (TPSA) is 191 Å². The second-order valence-corrected chi connectivity index (χ2v) is 20.5. The predicted octanol–water partition coefficient (Wildman–Crippen LogP) is 10.3. The number of aryl methyl sites for hydroxylation is 1. The van der Waals surface area contributed by atoms with Crippen LogP contribution in [-0.2, 0) is 14.4 Å². The second-order valence-electron chi connectivity index (χ2n) is 19.3. The first kappa shape index (κ1) is 52.3. The molecule has 3 aromatic carbocycles. The molecule has 1 fully saturated rings. The molecule has 0 aliphatic carbocycles. The fourth-order valence-electron chi connectivity index (χ4n) is 8.72. The Kier molecular flexibility index (Phi) is 18.1. The van der Waals surface area contributed by atoms with E-state index in [4.69, 9.17) is 11.6 Å². The summed E-state index contributed by atoms with van der Waals surface area (Å²) in [4.78, 5) is 74.2. The monoisotopic (exact) mass is 997 g/mol. The molecule has 16 heteroatoms. The molecule has 7 rings (SSSR count). The number of β-amino-alcohol motifs (C(OH)–C–C–N with tert-alkyl or cyclic N) is 1. The number of likely N-dealkylation sites (tertiary alicyclic amines) is 1. The zero-order valence-electron chi connectivity index (χ0n) is 41.1. The summed E-state index contributed by atoms with van der Waals surface area (Å²) >= 11 is 8.14. The number of aliphatic hydroxyl groups excluding tert-OH is 1. The SMILES string of the molecule is Cc1ncsc1-c1ccc(C(C)NC(=O)C2CC(O)CN2C(=O)C(NC(=O)CCCCCCCCCNC(=O)c2cncc(Nc3ncc(Cl)c(-c4cccc(-c5ccccc5)c4)n3)c2)C(C)(C)C)cc1. The molecule has 1 saturated heterocycles. The number of anilines is 2. The maximum Gasteiger partial charge on any atom is 0.252 e. The molecule has 14 nitrogen and oxygen atoms in total. The van der Waals surface area contributed by atoms with Crippen LogP contribution < -0.4 is 21.3 Å². The third-order valence-corrected chi connectivity index (χ3v) is 13.9. The number of halogens is 1. The van der Waals surface area contributed by atoms with E-state index < -0.39 is 23.6 Å². The Morgan fingerprint density at radius 1 is 0.817 bits per heavy atom. The molecular formula is C55H64ClN9O5S. The van der Waals surface area contributed by atoms with Crippen molar-refractivity contribution < 1.29 is 24.3 Å². The van der Waals surface area contributed by atoms with Crippen molar-refractivity contribution in [3.05, 3.63) is 131 Å². The number of aromatic nitrogens is 4. The lowest BCUT2D eigenvalue weighted by molar-refractivity contribution is -0.144. The van der Waals surface area contributed by atoms with Crippen molar-refractivity contribution in [3.63, 3.8) is 0 Å². The van der Waals surface area contributed by atoms with Crippen molar-refractivity contribution in [1.82, 2.24) is 40.8 Å². The number of amides is 4. The third kappa shape index (κ3) is 14.3. The van der Waals surface area contributed by atoms with Crippen molar-refractivity contribution in [1.29, 1.82) is 0 Å². The molecular weight excluding hydrogens is 934 g/mol. The van der Waals surface area contributed by atoms with Crippen LogP contribution in [0.3, 0.4) is 0 Å². The highest BCUT2D eigenvalue weighted by molar-refractivity contribution is 7.13. The summed E-state index contributed by atoms with van der Waals surface area (Å²) in [6, 6.07) is 25.7. The number of carbonyl (C=O) groups excluding carboxylic acids is 4. The zero-order valence-corrected chi connectivity index (χ0v) is 42.7. The Morgan fingerprint density at radius 3 is 2.24 bits per heavy atom. The summed E-state index contributed by atoms with van der Waals surface area (Å²) in [5.74, 6) is -0.838. The summed E-state index contributed by atoms with van der Waals surface area (Å²) in [6.45, 7) is 10.1. The quantitative estimate of drug-likeness (QED) is 0.0434. The molecule has 5 N–H and O–H groups in total. The number of aliphatic hydroxyl groups is 1. The van der Waals surface area contributed by atoms with Gasteiger partial charge in [0.15, 0.2) is 0 Å². The minimum absolute atomic E-state index is 0.0162. The van der Waals surface area contributed by atoms with Crippen molar-refractivity contribution >= 4 is 58.2 Å². The van der Waals surface area contributed by atoms with Crippen LogP contribution in [-0.4, -0.2) is 84.8 Å². The molecule has 0 bridgehead atoms. The smallest absolute Gasteiger partial charge is 0.252 e. The van der Waals surface area contributed by atoms with Crippen molar-refractivity contribution in [3.8, 4) is 32.8 Å². The van der Waals surface area contributed by atoms with Crippen LogP contribution in [0.5, 0.6) is 0 Å². The lowest BCUT2D eigenvalue weighted by Crippen LogP contribution is -2.57. The number of nitrogens with zero attached hydrogens (tertiary/aromatic N) is 5. The fraction of sp³-hybridized carbons (Fsp3) is 0.382. The maximum atomic E-state index is 14.1. The molecule has 3 aromatic heterocycles. The second kappa shape index (κ2) is 24.5. The number of benzene rings is 3. The largest absolute Gasteiger partial charge is 0.391 e. The molecule has 1 aliphatic heterocycles. The molecule has 4 unspecified atom stereocenters. The van der Waals surface area contributed by atoms with Crippen molar-refractivity contribution in [2.24, 2.45) is 5.41 Å². The van der Waals surface area contributed by atoms with E-state index >= 15 is 0 Å². The van der Waals surface area contributed by atoms with E-state index in [1.165, 1.54) is 11.1 Å². The molecule has 372 valence electrons. The number of carbonyl (C=O) groups is 4. The molecule has 0 radical (unpaired) electrons. The summed E-state index contributed by atoms with van der Waals surface area (Å²) < 4.78 is 0. The Balaban J connectivity index is 0.791. The van der Waals surface area contributed by atoms with Crippen LogP contribution in [0.4, 0.5) is 11.6 Å². The van der Waals surface area contributed by atoms with Crippen LogP contribution in [0.25, 0.3) is 32.8 Å². The minimum atomic E-state index is -0.874. The first-order valence-electron chi connectivity index (χ1n) is 24.4. The molecule has 0 saturated carbocycles. The van der Waals surface area contributed by atoms with Crippen LogP contribution in [0, 0.1) is 12.3 Å². The van der Waals surface area contributed by atoms with Gasteiger partial charge in [0, 0.05) is 37.7 Å². The number of hydrogen-bond acceptors (Lipinski definition) is 11. The number of unbranched alkanes of at least 4 members (excludes halogenated alkanes) is 6. The first-order chi connectivity index (χ1) is 34.1. The van der Waals surface area contributed by atoms with Gasteiger partial charge in [0.05, 0.1) is 62.6 Å². The summed E-state index contributed by atoms with van der Waals surface area (Å²) in [5.41, 5.74) is 8.66. The predicted molar refractivity (Wildman–Crippen MR) is 281 cm³/mol. The maximum absolute atomic E-state index is 14.1. The zero-order chi connectivity index (χ0) is 50.5. The van der Waals surface area contributed by atoms with Crippen LogP contribution in [0.2, 0.25) is 5.02 Å². The molecule has 4 atom stereocenters. The Bertz CT molecular complexity index is 2770. The van der Waals surface area contributed by atoms with Crippen LogP contribution >= 0.6 is 22.9 Å². The van der Waals surface area contributed by atoms with E-state index in [2.05, 4.69) is 53.3 Å². The lowest BCUT2D eigenvalue weighted by atomic mass is 9.85. The van der Waals surface area contributed by atoms with Crippen molar-refractivity contribution in [2.45, 2.75) is 117 Å². The highest BCUT2D eigenvalue weighted by atomic mass is 35.5. The van der Waals surface area contributed by atoms with E-state index in [9.17, 15) is 24.3 Å². The fourth-order valence-corrected chi connectivity index (χ4v) is 9.73. The molecule has 0 spiro atoms. The summed E-state index contributed by atoms with van der Waals surface area (Å²) in [5, 5.41) is 23.2. The van der Waals surface area contributed by atoms with Crippen LogP contribution in [0.15, 0.2) is 109 Å². The summed E-state index contributed by atoms with van der Waals surface area (Å²) in [7, 11) is 0. The standard InChI is InChI=1S/C55H64ClN9O5S/c1-35(37-22-24-39(25-23-37)49-36(2)60-34-71-49)61-52(69)46-29-44(66)33-65(46)53(70)50(55(3,4)5)63-47(67)21-14-9-7-6-8-10-15-26-58-51(68)42-28-43(31-57-30-42)62-54-59-32-45(56)48(64-54)41-20-16-19-40(27-41)38-17-12-11-13-18-38/h11-13,16-20,22-25,27-28,30-32,34-35,44,46,50,66H,6-10,14-15,21,26,29,33H2,1-5H3,(H,58,68)(H,61,69)(H,63,67)(H,59,62,64). The van der Waals surface area contributed by atoms with Gasteiger partial charge in [0.2, 0.25) is 23.7 Å². The average molecular weight is 999 g/mol. The van der Waals surface area contributed by atoms with E-state index in [0.717, 1.165) is 76.9 Å². The highest BCUT2D eigenvalue weighted by Crippen LogP contribution is 2.32. The Labute approximate surface area is 425 Å². The van der Waals surface area contributed by atoms with E-state index in [0.29, 0.717) is 40.9 Å². The van der Waals surface area contributed by atoms with E-state index in [1.54, 1.807) is 29.8 Å². The normalized spacial score (nSPS) is 15.5. The van der Waals surface area contributed by atoms with Crippen molar-refractivity contribution in [2.75, 3.05) is 18.4 Å². The van der Waals surface area contributed by atoms with Gasteiger partial charge in [-0.2, -0.15) is 0 Å². The van der Waals surface area contributed by atoms with E-state index in [1.807, 2.05) is 107 Å². The minimum Gasteiger partial charge on any atom is -0.391 e. The summed E-state index contributed by atoms with van der Waals surface area (Å²) in [6.07, 6.45) is 10.5. The van der Waals surface area contributed by atoms with E-state index in [-0.39, 0.29) is 49.1 Å². The number of thiazole rings is 1. The van der Waals surface area contributed by atoms with Gasteiger partial charge >= 0.3 is 0 Å². The number of pyridine rings is 1. The Hall–Kier alpha value is -6.55. The molecule has 71 heavy (non-hydrogen) atoms. The van der Waals surface area contributed by atoms with Gasteiger partial charge in [-0.25, -0.2) is 15.0 Å². The van der Waals surface area contributed by atoms with Gasteiger partial charge in [-0.15, -0.1) is 11.3 Å². The van der Waals surface area contributed by atoms with Gasteiger partial charge in [0.1, 0.15) is 12.1 Å². The highest BCUT2D eigenvalue weighted by Gasteiger charge is 2.44. The first-order valence-corrected chi connectivity index (χ1v) is 25.7. The number of nitrogens with one attached hydrogen (secondary N) is 4. The lowest BCUT2D eigenvalue weighted by Gasteiger charge is -2.35. The molecule has 4 heterocycles. The average Bonchev–Trinajstić information content (AvgIpc) is 3.99. The molecule has 6 aromatic rings. The van der Waals surface area contributed by atoms with Crippen LogP contribution in [0.1, 0.15) is 113 Å². The van der Waals surface area contributed by atoms with Gasteiger partial charge in [-0.3, -0.25) is 24.2 Å². The molecule has 1 aliphatic rings. The van der Waals surface area contributed by atoms with Gasteiger partial charge in [0.25, 0.3) is 5.91 Å². The van der Waals surface area contributed by atoms with Gasteiger partial charge in [-0.05, 0) is 66.5 Å². The number of rotatable bonds is 21. The Morgan fingerprint density at radius 2 is 1.52 bits per heavy atom. The van der Waals surface area contributed by atoms with Gasteiger partial charge in [-0.1, -0.05) is 137 Å². The van der Waals surface area contributed by atoms with Gasteiger partial charge < -0.3 is 31.3 Å². The third-order valence-electron chi connectivity index (χ3n) is 12.7. The molecule has 4 amide bonds.